The van der Waals surface area contributed by atoms with Gasteiger partial charge in [0.15, 0.2) is 29.2 Å². The summed E-state index contributed by atoms with van der Waals surface area (Å²) in [5.74, 6) is -1.85. The van der Waals surface area contributed by atoms with Crippen LogP contribution in [-0.4, -0.2) is 61.8 Å². The number of aromatic nitrogens is 4. The second-order valence-electron chi connectivity index (χ2n) is 6.51. The average Bonchev–Trinajstić information content (AvgIpc) is 3.04. The van der Waals surface area contributed by atoms with Crippen LogP contribution in [0.2, 0.25) is 0 Å². The molecule has 0 spiro atoms. The Hall–Kier alpha value is -2.86. The summed E-state index contributed by atoms with van der Waals surface area (Å²) in [6.07, 6.45) is -1.98. The summed E-state index contributed by atoms with van der Waals surface area (Å²) < 4.78 is 24.0. The van der Waals surface area contributed by atoms with E-state index >= 15 is 0 Å². The number of H-pyrrole nitrogens is 1. The van der Waals surface area contributed by atoms with Crippen LogP contribution in [0.25, 0.3) is 11.2 Å². The largest absolute Gasteiger partial charge is 0.456 e. The molecule has 3 rings (SSSR count). The van der Waals surface area contributed by atoms with Crippen LogP contribution < -0.4 is 0 Å². The fourth-order valence-electron chi connectivity index (χ4n) is 3.28. The number of hydrogen-bond donors (Lipinski definition) is 1. The van der Waals surface area contributed by atoms with Crippen molar-refractivity contribution in [1.82, 2.24) is 19.5 Å². The number of fused-ring (bicyclic) bond motifs is 1. The molecule has 1 fully saturated rings. The molecular weight excluding hydrogens is 404 g/mol. The molecule has 1 aliphatic rings. The van der Waals surface area contributed by atoms with Crippen molar-refractivity contribution in [3.8, 4) is 0 Å². The molecule has 1 N–H and O–H groups in total. The van der Waals surface area contributed by atoms with Crippen LogP contribution in [0.3, 0.4) is 0 Å². The van der Waals surface area contributed by atoms with Crippen molar-refractivity contribution in [1.29, 1.82) is 0 Å². The van der Waals surface area contributed by atoms with E-state index in [1.165, 1.54) is 33.4 Å². The highest BCUT2D eigenvalue weighted by Gasteiger charge is 2.51. The molecule has 0 radical (unpaired) electrons. The molecule has 156 valence electrons. The Morgan fingerprint density at radius 2 is 1.62 bits per heavy atom. The molecular formula is C17H20N4O7S. The molecule has 12 heteroatoms. The summed E-state index contributed by atoms with van der Waals surface area (Å²) in [4.78, 5) is 46.3. The minimum atomic E-state index is -1.12. The van der Waals surface area contributed by atoms with Gasteiger partial charge in [-0.15, -0.1) is 0 Å². The van der Waals surface area contributed by atoms with Crippen molar-refractivity contribution in [2.75, 3.05) is 0 Å². The second kappa shape index (κ2) is 8.25. The zero-order valence-electron chi connectivity index (χ0n) is 16.1. The fourth-order valence-corrected chi connectivity index (χ4v) is 3.48. The molecule has 0 aromatic carbocycles. The van der Waals surface area contributed by atoms with Crippen LogP contribution in [0.4, 0.5) is 0 Å². The lowest BCUT2D eigenvalue weighted by Crippen LogP contribution is -2.58. The summed E-state index contributed by atoms with van der Waals surface area (Å²) in [6.45, 7) is 5.30. The smallest absolute Gasteiger partial charge is 0.303 e. The predicted molar refractivity (Wildman–Crippen MR) is 99.0 cm³/mol. The van der Waals surface area contributed by atoms with Gasteiger partial charge < -0.3 is 23.9 Å². The van der Waals surface area contributed by atoms with Gasteiger partial charge in [-0.25, -0.2) is 9.97 Å². The molecule has 0 unspecified atom stereocenters. The third-order valence-electron chi connectivity index (χ3n) is 4.31. The highest BCUT2D eigenvalue weighted by molar-refractivity contribution is 7.71. The van der Waals surface area contributed by atoms with Gasteiger partial charge in [-0.2, -0.15) is 0 Å². The first-order chi connectivity index (χ1) is 13.7. The van der Waals surface area contributed by atoms with Crippen molar-refractivity contribution in [2.45, 2.75) is 58.3 Å². The van der Waals surface area contributed by atoms with Crippen LogP contribution >= 0.6 is 12.2 Å². The summed E-state index contributed by atoms with van der Waals surface area (Å²) in [5, 5.41) is 0. The molecule has 1 aliphatic heterocycles. The van der Waals surface area contributed by atoms with E-state index in [2.05, 4.69) is 15.0 Å². The fraction of sp³-hybridized carbons (Fsp3) is 0.529. The average molecular weight is 424 g/mol. The summed E-state index contributed by atoms with van der Waals surface area (Å²) >= 11 is 5.18. The van der Waals surface area contributed by atoms with Gasteiger partial charge in [0.1, 0.15) is 11.2 Å². The third-order valence-corrected chi connectivity index (χ3v) is 4.60. The van der Waals surface area contributed by atoms with Gasteiger partial charge in [-0.3, -0.25) is 19.0 Å². The molecule has 5 atom stereocenters. The van der Waals surface area contributed by atoms with E-state index in [9.17, 15) is 14.4 Å². The lowest BCUT2D eigenvalue weighted by atomic mass is 9.97. The first-order valence-electron chi connectivity index (χ1n) is 8.76. The van der Waals surface area contributed by atoms with E-state index in [1.54, 1.807) is 11.5 Å². The Kier molecular flexibility index (Phi) is 5.94. The Balaban J connectivity index is 2.10. The number of esters is 3. The highest BCUT2D eigenvalue weighted by atomic mass is 32.1. The molecule has 3 heterocycles. The van der Waals surface area contributed by atoms with Crippen molar-refractivity contribution < 1.29 is 33.3 Å². The minimum Gasteiger partial charge on any atom is -0.456 e. The van der Waals surface area contributed by atoms with Gasteiger partial charge in [0, 0.05) is 20.8 Å². The topological polar surface area (TPSA) is 135 Å². The molecule has 1 saturated heterocycles. The number of hydrogen-bond acceptors (Lipinski definition) is 10. The van der Waals surface area contributed by atoms with Gasteiger partial charge in [0.25, 0.3) is 0 Å². The first-order valence-corrected chi connectivity index (χ1v) is 9.17. The number of aromatic amines is 1. The molecule has 2 aromatic rings. The third kappa shape index (κ3) is 4.27. The maximum absolute atomic E-state index is 11.8. The lowest BCUT2D eigenvalue weighted by molar-refractivity contribution is -0.259. The molecule has 0 saturated carbocycles. The summed E-state index contributed by atoms with van der Waals surface area (Å²) in [6, 6.07) is 0. The summed E-state index contributed by atoms with van der Waals surface area (Å²) in [5.41, 5.74) is 0.901. The number of rotatable bonds is 4. The Morgan fingerprint density at radius 1 is 1.03 bits per heavy atom. The van der Waals surface area contributed by atoms with Gasteiger partial charge in [0.2, 0.25) is 0 Å². The number of imidazole rings is 1. The van der Waals surface area contributed by atoms with Crippen molar-refractivity contribution in [3.05, 3.63) is 17.3 Å². The zero-order valence-corrected chi connectivity index (χ0v) is 17.0. The molecule has 29 heavy (non-hydrogen) atoms. The van der Waals surface area contributed by atoms with Crippen LogP contribution in [0.15, 0.2) is 12.7 Å². The lowest BCUT2D eigenvalue weighted by Gasteiger charge is -2.44. The van der Waals surface area contributed by atoms with Crippen molar-refractivity contribution >= 4 is 41.3 Å². The number of carbonyl (C=O) groups is 3. The van der Waals surface area contributed by atoms with Crippen LogP contribution in [-0.2, 0) is 33.3 Å². The van der Waals surface area contributed by atoms with Crippen LogP contribution in [0, 0.1) is 4.64 Å². The Morgan fingerprint density at radius 3 is 2.24 bits per heavy atom. The first kappa shape index (κ1) is 20.9. The SMILES string of the molecule is CC(=O)O[C@H]1[C@@H](OC(C)=O)[C@@H](C)O[C@@H](n2cnc3c(=S)nc[nH]c32)[C@H]1OC(C)=O. The monoisotopic (exact) mass is 424 g/mol. The molecule has 0 aliphatic carbocycles. The van der Waals surface area contributed by atoms with E-state index in [1.807, 2.05) is 0 Å². The maximum atomic E-state index is 11.8. The summed E-state index contributed by atoms with van der Waals surface area (Å²) in [7, 11) is 0. The number of ether oxygens (including phenoxy) is 4. The van der Waals surface area contributed by atoms with Crippen molar-refractivity contribution in [2.24, 2.45) is 0 Å². The van der Waals surface area contributed by atoms with Crippen LogP contribution in [0.1, 0.15) is 33.9 Å². The molecule has 0 amide bonds. The molecule has 0 bridgehead atoms. The van der Waals surface area contributed by atoms with E-state index in [0.717, 1.165) is 0 Å². The highest BCUT2D eigenvalue weighted by Crippen LogP contribution is 2.35. The predicted octanol–water partition coefficient (Wildman–Crippen LogP) is 1.20. The number of nitrogens with zero attached hydrogens (tertiary/aromatic N) is 3. The van der Waals surface area contributed by atoms with Gasteiger partial charge in [-0.1, -0.05) is 12.2 Å². The maximum Gasteiger partial charge on any atom is 0.303 e. The van der Waals surface area contributed by atoms with E-state index < -0.39 is 48.6 Å². The normalized spacial score (nSPS) is 26.7. The Bertz CT molecular complexity index is 1000. The molecule has 11 nitrogen and oxygen atoms in total. The number of carbonyl (C=O) groups excluding carboxylic acids is 3. The van der Waals surface area contributed by atoms with E-state index in [-0.39, 0.29) is 4.64 Å². The van der Waals surface area contributed by atoms with Gasteiger partial charge in [-0.05, 0) is 6.92 Å². The van der Waals surface area contributed by atoms with E-state index in [4.69, 9.17) is 31.2 Å². The van der Waals surface area contributed by atoms with Crippen molar-refractivity contribution in [3.63, 3.8) is 0 Å². The quantitative estimate of drug-likeness (QED) is 0.433. The molecule has 2 aromatic heterocycles. The zero-order chi connectivity index (χ0) is 21.3. The second-order valence-corrected chi connectivity index (χ2v) is 6.90. The van der Waals surface area contributed by atoms with Crippen LogP contribution in [0.5, 0.6) is 0 Å². The van der Waals surface area contributed by atoms with Gasteiger partial charge in [0.05, 0.1) is 18.8 Å². The minimum absolute atomic E-state index is 0.278. The van der Waals surface area contributed by atoms with E-state index in [0.29, 0.717) is 11.2 Å². The Labute approximate surface area is 170 Å². The standard InChI is InChI=1S/C17H20N4O7S/c1-7-12(26-8(2)22)13(27-9(3)23)14(28-10(4)24)17(25-7)21-6-20-11-15(21)18-5-19-16(11)29/h5-7,12-14,17H,1-4H3,(H,18,19,29)/t7-,12+,13+,14+,17-/m1/s1. The number of nitrogens with one attached hydrogen (secondary N) is 1. The van der Waals surface area contributed by atoms with Gasteiger partial charge >= 0.3 is 17.9 Å².